The number of hydrogen-bond acceptors (Lipinski definition) is 4. The van der Waals surface area contributed by atoms with E-state index in [2.05, 4.69) is 6.58 Å². The number of ketones is 1. The zero-order chi connectivity index (χ0) is 13.8. The highest BCUT2D eigenvalue weighted by atomic mass is 16.6. The molecule has 0 rings (SSSR count). The normalized spacial score (nSPS) is 13.1. The molecule has 98 valence electrons. The summed E-state index contributed by atoms with van der Waals surface area (Å²) in [5.41, 5.74) is -0.869. The van der Waals surface area contributed by atoms with Crippen LogP contribution in [0, 0.1) is 5.92 Å². The van der Waals surface area contributed by atoms with Crippen LogP contribution < -0.4 is 0 Å². The van der Waals surface area contributed by atoms with Crippen LogP contribution in [-0.4, -0.2) is 23.5 Å². The summed E-state index contributed by atoms with van der Waals surface area (Å²) >= 11 is 0. The lowest BCUT2D eigenvalue weighted by Crippen LogP contribution is -2.39. The van der Waals surface area contributed by atoms with Gasteiger partial charge in [0.1, 0.15) is 11.4 Å². The molecule has 0 spiro atoms. The molecule has 0 heterocycles. The molecular formula is C13H22O4. The van der Waals surface area contributed by atoms with Crippen molar-refractivity contribution < 1.29 is 19.1 Å². The third-order valence-electron chi connectivity index (χ3n) is 2.61. The van der Waals surface area contributed by atoms with Crippen molar-refractivity contribution in [1.29, 1.82) is 0 Å². The van der Waals surface area contributed by atoms with E-state index in [9.17, 15) is 9.59 Å². The molecule has 0 amide bonds. The van der Waals surface area contributed by atoms with Crippen LogP contribution in [0.5, 0.6) is 0 Å². The van der Waals surface area contributed by atoms with Gasteiger partial charge in [-0.2, -0.15) is 0 Å². The Bertz CT molecular complexity index is 315. The summed E-state index contributed by atoms with van der Waals surface area (Å²) in [5, 5.41) is 0. The number of Topliss-reactive ketones (excluding diaryl/α,β-unsaturated/α-hetero) is 1. The van der Waals surface area contributed by atoms with Crippen molar-refractivity contribution in [2.24, 2.45) is 5.92 Å². The Labute approximate surface area is 103 Å². The van der Waals surface area contributed by atoms with E-state index >= 15 is 0 Å². The van der Waals surface area contributed by atoms with E-state index in [0.29, 0.717) is 0 Å². The molecule has 1 atom stereocenters. The Hall–Kier alpha value is -1.32. The minimum absolute atomic E-state index is 0.0295. The molecule has 0 bridgehead atoms. The lowest BCUT2D eigenvalue weighted by molar-refractivity contribution is -0.162. The molecular weight excluding hydrogens is 220 g/mol. The van der Waals surface area contributed by atoms with Gasteiger partial charge in [-0.1, -0.05) is 6.92 Å². The minimum atomic E-state index is -0.869. The molecule has 0 radical (unpaired) electrons. The van der Waals surface area contributed by atoms with Crippen molar-refractivity contribution in [3.63, 3.8) is 0 Å². The molecule has 0 aromatic carbocycles. The summed E-state index contributed by atoms with van der Waals surface area (Å²) in [6.07, 6.45) is -0.136. The predicted molar refractivity (Wildman–Crippen MR) is 65.4 cm³/mol. The summed E-state index contributed by atoms with van der Waals surface area (Å²) in [5.74, 6) is -1.07. The second-order valence-corrected chi connectivity index (χ2v) is 4.92. The van der Waals surface area contributed by atoms with Crippen LogP contribution in [-0.2, 0) is 19.1 Å². The van der Waals surface area contributed by atoms with Crippen LogP contribution >= 0.6 is 0 Å². The second-order valence-electron chi connectivity index (χ2n) is 4.92. The van der Waals surface area contributed by atoms with E-state index in [1.54, 1.807) is 34.6 Å². The maximum absolute atomic E-state index is 11.7. The smallest absolute Gasteiger partial charge is 0.373 e. The van der Waals surface area contributed by atoms with E-state index in [1.807, 2.05) is 0 Å². The monoisotopic (exact) mass is 242 g/mol. The molecule has 0 fully saturated rings. The van der Waals surface area contributed by atoms with Gasteiger partial charge in [-0.25, -0.2) is 4.79 Å². The van der Waals surface area contributed by atoms with Crippen LogP contribution in [0.2, 0.25) is 0 Å². The first-order valence-corrected chi connectivity index (χ1v) is 5.67. The molecule has 0 aliphatic rings. The van der Waals surface area contributed by atoms with Crippen molar-refractivity contribution in [2.75, 3.05) is 0 Å². The van der Waals surface area contributed by atoms with Crippen molar-refractivity contribution in [3.8, 4) is 0 Å². The third-order valence-corrected chi connectivity index (χ3v) is 2.61. The van der Waals surface area contributed by atoms with Crippen LogP contribution in [0.3, 0.4) is 0 Å². The molecule has 4 nitrogen and oxygen atoms in total. The molecule has 1 unspecified atom stereocenters. The first-order valence-electron chi connectivity index (χ1n) is 5.67. The summed E-state index contributed by atoms with van der Waals surface area (Å²) in [4.78, 5) is 22.9. The van der Waals surface area contributed by atoms with Gasteiger partial charge in [0.2, 0.25) is 0 Å². The summed E-state index contributed by atoms with van der Waals surface area (Å²) in [6, 6.07) is 0. The molecule has 0 saturated carbocycles. The second kappa shape index (κ2) is 5.84. The standard InChI is InChI=1S/C13H22O4/c1-8(2)16-11(5)12(15)17-13(6,7)9(3)10(4)14/h8-9H,5H2,1-4,6-7H3. The average molecular weight is 242 g/mol. The maximum atomic E-state index is 11.7. The quantitative estimate of drug-likeness (QED) is 0.408. The van der Waals surface area contributed by atoms with Crippen LogP contribution in [0.25, 0.3) is 0 Å². The highest BCUT2D eigenvalue weighted by molar-refractivity contribution is 5.86. The van der Waals surface area contributed by atoms with Gasteiger partial charge in [0, 0.05) is 0 Å². The summed E-state index contributed by atoms with van der Waals surface area (Å²) < 4.78 is 10.4. The van der Waals surface area contributed by atoms with Crippen molar-refractivity contribution in [1.82, 2.24) is 0 Å². The van der Waals surface area contributed by atoms with E-state index in [1.165, 1.54) is 6.92 Å². The molecule has 0 N–H and O–H groups in total. The van der Waals surface area contributed by atoms with Gasteiger partial charge >= 0.3 is 5.97 Å². The van der Waals surface area contributed by atoms with Gasteiger partial charge < -0.3 is 9.47 Å². The van der Waals surface area contributed by atoms with E-state index < -0.39 is 11.6 Å². The highest BCUT2D eigenvalue weighted by Crippen LogP contribution is 2.23. The average Bonchev–Trinajstić information content (AvgIpc) is 2.14. The van der Waals surface area contributed by atoms with Crippen molar-refractivity contribution in [3.05, 3.63) is 12.3 Å². The topological polar surface area (TPSA) is 52.6 Å². The maximum Gasteiger partial charge on any atom is 0.373 e. The lowest BCUT2D eigenvalue weighted by Gasteiger charge is -2.30. The van der Waals surface area contributed by atoms with Crippen LogP contribution in [0.1, 0.15) is 41.5 Å². The Morgan fingerprint density at radius 1 is 1.18 bits per heavy atom. The van der Waals surface area contributed by atoms with Gasteiger partial charge in [0.25, 0.3) is 0 Å². The number of hydrogen-bond donors (Lipinski definition) is 0. The zero-order valence-corrected chi connectivity index (χ0v) is 11.5. The van der Waals surface area contributed by atoms with Crippen molar-refractivity contribution >= 4 is 11.8 Å². The fourth-order valence-electron chi connectivity index (χ4n) is 1.21. The van der Waals surface area contributed by atoms with Crippen molar-refractivity contribution in [2.45, 2.75) is 53.2 Å². The molecule has 0 aromatic rings. The van der Waals surface area contributed by atoms with Crippen LogP contribution in [0.4, 0.5) is 0 Å². The van der Waals surface area contributed by atoms with E-state index in [4.69, 9.17) is 9.47 Å². The van der Waals surface area contributed by atoms with Gasteiger partial charge in [0.15, 0.2) is 5.76 Å². The Morgan fingerprint density at radius 3 is 2.00 bits per heavy atom. The van der Waals surface area contributed by atoms with Gasteiger partial charge in [-0.05, 0) is 41.2 Å². The highest BCUT2D eigenvalue weighted by Gasteiger charge is 2.34. The zero-order valence-electron chi connectivity index (χ0n) is 11.5. The number of carbonyl (C=O) groups excluding carboxylic acids is 2. The molecule has 0 aliphatic heterocycles. The van der Waals surface area contributed by atoms with Gasteiger partial charge in [-0.3, -0.25) is 4.79 Å². The van der Waals surface area contributed by atoms with E-state index in [0.717, 1.165) is 0 Å². The number of rotatable bonds is 6. The first-order chi connectivity index (χ1) is 7.58. The van der Waals surface area contributed by atoms with Crippen LogP contribution in [0.15, 0.2) is 12.3 Å². The SMILES string of the molecule is C=C(OC(C)C)C(=O)OC(C)(C)C(C)C(C)=O. The predicted octanol–water partition coefficient (Wildman–Crippen LogP) is 2.47. The molecule has 0 aromatic heterocycles. The molecule has 17 heavy (non-hydrogen) atoms. The molecule has 0 aliphatic carbocycles. The van der Waals surface area contributed by atoms with Gasteiger partial charge in [-0.15, -0.1) is 0 Å². The Balaban J connectivity index is 4.57. The third kappa shape index (κ3) is 5.02. The fraction of sp³-hybridized carbons (Fsp3) is 0.692. The molecule has 0 saturated heterocycles. The minimum Gasteiger partial charge on any atom is -0.484 e. The fourth-order valence-corrected chi connectivity index (χ4v) is 1.21. The lowest BCUT2D eigenvalue weighted by atomic mass is 9.89. The largest absolute Gasteiger partial charge is 0.484 e. The molecule has 4 heteroatoms. The summed E-state index contributed by atoms with van der Waals surface area (Å²) in [6.45, 7) is 13.7. The first kappa shape index (κ1) is 15.7. The Kier molecular flexibility index (Phi) is 5.39. The van der Waals surface area contributed by atoms with Gasteiger partial charge in [0.05, 0.1) is 12.0 Å². The summed E-state index contributed by atoms with van der Waals surface area (Å²) in [7, 11) is 0. The Morgan fingerprint density at radius 2 is 1.65 bits per heavy atom. The number of ether oxygens (including phenoxy) is 2. The number of carbonyl (C=O) groups is 2. The number of esters is 1. The van der Waals surface area contributed by atoms with E-state index in [-0.39, 0.29) is 23.6 Å².